The van der Waals surface area contributed by atoms with Crippen LogP contribution in [0.15, 0.2) is 18.3 Å². The molecule has 0 bridgehead atoms. The van der Waals surface area contributed by atoms with Crippen LogP contribution in [0.25, 0.3) is 0 Å². The molecular weight excluding hydrogens is 238 g/mol. The summed E-state index contributed by atoms with van der Waals surface area (Å²) in [6.07, 6.45) is 4.22. The van der Waals surface area contributed by atoms with Crippen LogP contribution in [0, 0.1) is 5.92 Å². The van der Waals surface area contributed by atoms with Gasteiger partial charge in [0, 0.05) is 19.3 Å². The first kappa shape index (κ1) is 14.3. The lowest BCUT2D eigenvalue weighted by atomic mass is 10.0. The van der Waals surface area contributed by atoms with Crippen molar-refractivity contribution < 1.29 is 5.11 Å². The van der Waals surface area contributed by atoms with Crippen molar-refractivity contribution in [2.75, 3.05) is 24.6 Å². The molecule has 106 valence electrons. The number of aliphatic hydroxyl groups excluding tert-OH is 1. The Labute approximate surface area is 115 Å². The van der Waals surface area contributed by atoms with Crippen LogP contribution in [0.2, 0.25) is 0 Å². The molecule has 1 saturated heterocycles. The van der Waals surface area contributed by atoms with Crippen molar-refractivity contribution in [3.05, 3.63) is 23.9 Å². The highest BCUT2D eigenvalue weighted by molar-refractivity contribution is 5.42. The Morgan fingerprint density at radius 1 is 1.47 bits per heavy atom. The topological polar surface area (TPSA) is 48.4 Å². The Bertz CT molecular complexity index is 379. The second-order valence-corrected chi connectivity index (χ2v) is 5.41. The Kier molecular flexibility index (Phi) is 5.16. The molecule has 2 heterocycles. The second-order valence-electron chi connectivity index (χ2n) is 5.41. The van der Waals surface area contributed by atoms with Gasteiger partial charge in [0.1, 0.15) is 5.82 Å². The molecular formula is C15H25N3O. The molecule has 4 nitrogen and oxygen atoms in total. The fourth-order valence-corrected chi connectivity index (χ4v) is 2.67. The minimum absolute atomic E-state index is 0.211. The summed E-state index contributed by atoms with van der Waals surface area (Å²) in [6, 6.07) is 4.42. The van der Waals surface area contributed by atoms with E-state index in [2.05, 4.69) is 41.2 Å². The average Bonchev–Trinajstić information content (AvgIpc) is 2.81. The van der Waals surface area contributed by atoms with E-state index in [0.29, 0.717) is 5.92 Å². The molecule has 0 aromatic carbocycles. The van der Waals surface area contributed by atoms with E-state index in [-0.39, 0.29) is 12.6 Å². The number of hydrogen-bond donors (Lipinski definition) is 2. The summed E-state index contributed by atoms with van der Waals surface area (Å²) in [5, 5.41) is 12.9. The van der Waals surface area contributed by atoms with Crippen LogP contribution in [0.1, 0.15) is 32.3 Å². The summed E-state index contributed by atoms with van der Waals surface area (Å²) in [5.41, 5.74) is 1.21. The Hall–Kier alpha value is -1.13. The molecule has 1 aliphatic heterocycles. The maximum Gasteiger partial charge on any atom is 0.128 e. The first-order chi connectivity index (χ1) is 9.26. The summed E-state index contributed by atoms with van der Waals surface area (Å²) < 4.78 is 0. The van der Waals surface area contributed by atoms with Crippen LogP contribution in [0.3, 0.4) is 0 Å². The molecule has 0 spiro atoms. The molecule has 0 amide bonds. The first-order valence-corrected chi connectivity index (χ1v) is 7.29. The Morgan fingerprint density at radius 3 is 2.95 bits per heavy atom. The van der Waals surface area contributed by atoms with E-state index in [1.54, 1.807) is 0 Å². The fourth-order valence-electron chi connectivity index (χ4n) is 2.67. The highest BCUT2D eigenvalue weighted by Gasteiger charge is 2.31. The van der Waals surface area contributed by atoms with Crippen molar-refractivity contribution >= 4 is 5.82 Å². The van der Waals surface area contributed by atoms with Crippen LogP contribution in [0.4, 0.5) is 5.82 Å². The molecule has 1 aromatic heterocycles. The number of hydrogen-bond acceptors (Lipinski definition) is 4. The minimum Gasteiger partial charge on any atom is -0.394 e. The number of anilines is 1. The number of aliphatic hydroxyl groups is 1. The normalized spacial score (nSPS) is 23.0. The van der Waals surface area contributed by atoms with Crippen LogP contribution in [-0.4, -0.2) is 35.8 Å². The van der Waals surface area contributed by atoms with Gasteiger partial charge in [-0.3, -0.25) is 0 Å². The van der Waals surface area contributed by atoms with E-state index in [1.807, 2.05) is 6.20 Å². The molecule has 1 aliphatic rings. The van der Waals surface area contributed by atoms with Crippen molar-refractivity contribution in [1.82, 2.24) is 10.3 Å². The molecule has 1 aromatic rings. The third-order valence-electron chi connectivity index (χ3n) is 3.93. The largest absolute Gasteiger partial charge is 0.394 e. The number of rotatable bonds is 6. The Balaban J connectivity index is 1.98. The molecule has 0 radical (unpaired) electrons. The smallest absolute Gasteiger partial charge is 0.128 e. The van der Waals surface area contributed by atoms with Crippen molar-refractivity contribution in [2.24, 2.45) is 5.92 Å². The Morgan fingerprint density at radius 2 is 2.32 bits per heavy atom. The number of nitrogens with one attached hydrogen (secondary N) is 1. The predicted octanol–water partition coefficient (Wildman–Crippen LogP) is 1.79. The highest BCUT2D eigenvalue weighted by atomic mass is 16.3. The van der Waals surface area contributed by atoms with E-state index < -0.39 is 0 Å². The van der Waals surface area contributed by atoms with E-state index in [4.69, 9.17) is 0 Å². The maximum absolute atomic E-state index is 9.49. The molecule has 2 rings (SSSR count). The van der Waals surface area contributed by atoms with Crippen molar-refractivity contribution in [1.29, 1.82) is 0 Å². The van der Waals surface area contributed by atoms with Gasteiger partial charge < -0.3 is 15.3 Å². The number of pyridine rings is 1. The van der Waals surface area contributed by atoms with Gasteiger partial charge >= 0.3 is 0 Å². The van der Waals surface area contributed by atoms with Crippen LogP contribution < -0.4 is 10.2 Å². The predicted molar refractivity (Wildman–Crippen MR) is 78.2 cm³/mol. The first-order valence-electron chi connectivity index (χ1n) is 7.29. The summed E-state index contributed by atoms with van der Waals surface area (Å²) in [7, 11) is 0. The third-order valence-corrected chi connectivity index (χ3v) is 3.93. The van der Waals surface area contributed by atoms with Gasteiger partial charge in [-0.1, -0.05) is 19.9 Å². The zero-order chi connectivity index (χ0) is 13.7. The van der Waals surface area contributed by atoms with Crippen LogP contribution in [-0.2, 0) is 6.54 Å². The van der Waals surface area contributed by atoms with Gasteiger partial charge in [-0.15, -0.1) is 0 Å². The van der Waals surface area contributed by atoms with Crippen LogP contribution >= 0.6 is 0 Å². The van der Waals surface area contributed by atoms with Gasteiger partial charge in [0.25, 0.3) is 0 Å². The van der Waals surface area contributed by atoms with Gasteiger partial charge in [-0.2, -0.15) is 0 Å². The lowest BCUT2D eigenvalue weighted by Crippen LogP contribution is -2.35. The SMILES string of the molecule is CCCNCc1ccc(N2CCC(C)C2CO)nc1. The molecule has 1 fully saturated rings. The molecule has 0 aliphatic carbocycles. The minimum atomic E-state index is 0.211. The second kappa shape index (κ2) is 6.87. The van der Waals surface area contributed by atoms with E-state index >= 15 is 0 Å². The zero-order valence-electron chi connectivity index (χ0n) is 12.0. The third kappa shape index (κ3) is 3.45. The van der Waals surface area contributed by atoms with E-state index in [0.717, 1.165) is 38.3 Å². The summed E-state index contributed by atoms with van der Waals surface area (Å²) in [6.45, 7) is 7.48. The fraction of sp³-hybridized carbons (Fsp3) is 0.667. The van der Waals surface area contributed by atoms with E-state index in [9.17, 15) is 5.11 Å². The lowest BCUT2D eigenvalue weighted by Gasteiger charge is -2.26. The number of nitrogens with zero attached hydrogens (tertiary/aromatic N) is 2. The highest BCUT2D eigenvalue weighted by Crippen LogP contribution is 2.27. The van der Waals surface area contributed by atoms with Gasteiger partial charge in [0.15, 0.2) is 0 Å². The van der Waals surface area contributed by atoms with Gasteiger partial charge in [0.05, 0.1) is 12.6 Å². The molecule has 2 atom stereocenters. The molecule has 0 saturated carbocycles. The summed E-state index contributed by atoms with van der Waals surface area (Å²) in [4.78, 5) is 6.78. The van der Waals surface area contributed by atoms with Crippen molar-refractivity contribution in [3.8, 4) is 0 Å². The average molecular weight is 263 g/mol. The van der Waals surface area contributed by atoms with Gasteiger partial charge in [-0.25, -0.2) is 4.98 Å². The number of aromatic nitrogens is 1. The van der Waals surface area contributed by atoms with Gasteiger partial charge in [0.2, 0.25) is 0 Å². The zero-order valence-corrected chi connectivity index (χ0v) is 12.0. The molecule has 4 heteroatoms. The van der Waals surface area contributed by atoms with Crippen molar-refractivity contribution in [3.63, 3.8) is 0 Å². The standard InChI is InChI=1S/C15H25N3O/c1-3-7-16-9-13-4-5-15(17-10-13)18-8-6-12(2)14(18)11-19/h4-5,10,12,14,16,19H,3,6-9,11H2,1-2H3. The van der Waals surface area contributed by atoms with Crippen molar-refractivity contribution in [2.45, 2.75) is 39.3 Å². The molecule has 2 unspecified atom stereocenters. The molecule has 2 N–H and O–H groups in total. The quantitative estimate of drug-likeness (QED) is 0.768. The van der Waals surface area contributed by atoms with Gasteiger partial charge in [-0.05, 0) is 36.9 Å². The summed E-state index contributed by atoms with van der Waals surface area (Å²) >= 11 is 0. The van der Waals surface area contributed by atoms with E-state index in [1.165, 1.54) is 5.56 Å². The maximum atomic E-state index is 9.49. The molecule has 19 heavy (non-hydrogen) atoms. The summed E-state index contributed by atoms with van der Waals surface area (Å²) in [5.74, 6) is 1.53. The van der Waals surface area contributed by atoms with Crippen LogP contribution in [0.5, 0.6) is 0 Å². The lowest BCUT2D eigenvalue weighted by molar-refractivity contribution is 0.244. The monoisotopic (exact) mass is 263 g/mol.